The van der Waals surface area contributed by atoms with Gasteiger partial charge >= 0.3 is 0 Å². The molecule has 84 valence electrons. The first-order chi connectivity index (χ1) is 7.75. The normalized spacial score (nSPS) is 9.19. The molecule has 16 heavy (non-hydrogen) atoms. The Kier molecular flexibility index (Phi) is 4.45. The van der Waals surface area contributed by atoms with Gasteiger partial charge in [0, 0.05) is 18.0 Å². The van der Waals surface area contributed by atoms with Gasteiger partial charge in [-0.25, -0.2) is 9.97 Å². The molecule has 0 aliphatic rings. The molecule has 2 rings (SSSR count). The number of nitrogens with zero attached hydrogens (tertiary/aromatic N) is 2. The van der Waals surface area contributed by atoms with Gasteiger partial charge in [0.2, 0.25) is 5.95 Å². The predicted molar refractivity (Wildman–Crippen MR) is 68.0 cm³/mol. The van der Waals surface area contributed by atoms with Gasteiger partial charge in [-0.3, -0.25) is 0 Å². The van der Waals surface area contributed by atoms with E-state index < -0.39 is 0 Å². The van der Waals surface area contributed by atoms with Crippen molar-refractivity contribution in [3.63, 3.8) is 0 Å². The molecule has 0 spiro atoms. The van der Waals surface area contributed by atoms with Crippen LogP contribution in [-0.4, -0.2) is 9.97 Å². The summed E-state index contributed by atoms with van der Waals surface area (Å²) >= 11 is 0. The lowest BCUT2D eigenvalue weighted by atomic mass is 10.1. The Labute approximate surface area is 96.4 Å². The zero-order valence-electron chi connectivity index (χ0n) is 9.94. The summed E-state index contributed by atoms with van der Waals surface area (Å²) in [5.41, 5.74) is 8.74. The summed E-state index contributed by atoms with van der Waals surface area (Å²) in [6, 6.07) is 8.19. The van der Waals surface area contributed by atoms with Crippen molar-refractivity contribution in [2.45, 2.75) is 20.8 Å². The second-order valence-electron chi connectivity index (χ2n) is 3.20. The van der Waals surface area contributed by atoms with Crippen molar-refractivity contribution in [3.8, 4) is 11.1 Å². The molecule has 0 aliphatic heterocycles. The predicted octanol–water partition coefficient (Wildman–Crippen LogP) is 3.06. The van der Waals surface area contributed by atoms with Crippen molar-refractivity contribution in [1.29, 1.82) is 0 Å². The molecule has 0 radical (unpaired) electrons. The van der Waals surface area contributed by atoms with E-state index in [0.717, 1.165) is 11.1 Å². The lowest BCUT2D eigenvalue weighted by molar-refractivity contribution is 1.19. The fraction of sp³-hybridized carbons (Fsp3) is 0.231. The Morgan fingerprint density at radius 2 is 1.62 bits per heavy atom. The molecule has 1 heterocycles. The van der Waals surface area contributed by atoms with Crippen LogP contribution in [0.1, 0.15) is 19.4 Å². The van der Waals surface area contributed by atoms with Gasteiger partial charge in [0.1, 0.15) is 0 Å². The van der Waals surface area contributed by atoms with Gasteiger partial charge in [0.25, 0.3) is 0 Å². The van der Waals surface area contributed by atoms with Crippen molar-refractivity contribution in [2.24, 2.45) is 0 Å². The molecule has 0 unspecified atom stereocenters. The highest BCUT2D eigenvalue weighted by molar-refractivity contribution is 5.62. The molecule has 2 aromatic rings. The third-order valence-electron chi connectivity index (χ3n) is 2.02. The van der Waals surface area contributed by atoms with Crippen LogP contribution < -0.4 is 5.73 Å². The summed E-state index contributed by atoms with van der Waals surface area (Å²) < 4.78 is 0. The van der Waals surface area contributed by atoms with Gasteiger partial charge in [-0.05, 0) is 12.5 Å². The van der Waals surface area contributed by atoms with Gasteiger partial charge in [0.15, 0.2) is 0 Å². The van der Waals surface area contributed by atoms with Crippen LogP contribution in [0.2, 0.25) is 0 Å². The van der Waals surface area contributed by atoms with E-state index in [0.29, 0.717) is 5.95 Å². The number of rotatable bonds is 1. The fourth-order valence-electron chi connectivity index (χ4n) is 1.31. The van der Waals surface area contributed by atoms with Crippen LogP contribution in [0, 0.1) is 6.92 Å². The topological polar surface area (TPSA) is 51.8 Å². The first-order valence-electron chi connectivity index (χ1n) is 5.40. The SMILES string of the molecule is CC.Cc1cccc(-c2cnc(N)nc2)c1. The number of benzene rings is 1. The van der Waals surface area contributed by atoms with E-state index in [4.69, 9.17) is 5.73 Å². The third kappa shape index (κ3) is 3.05. The van der Waals surface area contributed by atoms with Crippen molar-refractivity contribution in [1.82, 2.24) is 9.97 Å². The summed E-state index contributed by atoms with van der Waals surface area (Å²) in [6.45, 7) is 6.06. The van der Waals surface area contributed by atoms with E-state index in [1.54, 1.807) is 12.4 Å². The molecule has 0 atom stereocenters. The molecular formula is C13H17N3. The lowest BCUT2D eigenvalue weighted by Gasteiger charge is -2.01. The molecule has 0 aliphatic carbocycles. The second-order valence-corrected chi connectivity index (χ2v) is 3.20. The Hall–Kier alpha value is -1.90. The summed E-state index contributed by atoms with van der Waals surface area (Å²) in [4.78, 5) is 7.90. The van der Waals surface area contributed by atoms with Crippen LogP contribution in [0.25, 0.3) is 11.1 Å². The van der Waals surface area contributed by atoms with Gasteiger partial charge < -0.3 is 5.73 Å². The smallest absolute Gasteiger partial charge is 0.219 e. The minimum absolute atomic E-state index is 0.307. The van der Waals surface area contributed by atoms with E-state index >= 15 is 0 Å². The number of nitrogens with two attached hydrogens (primary N) is 1. The first-order valence-corrected chi connectivity index (χ1v) is 5.40. The van der Waals surface area contributed by atoms with Crippen LogP contribution in [0.15, 0.2) is 36.7 Å². The molecule has 2 N–H and O–H groups in total. The highest BCUT2D eigenvalue weighted by Crippen LogP contribution is 2.18. The van der Waals surface area contributed by atoms with Crippen molar-refractivity contribution in [3.05, 3.63) is 42.2 Å². The average molecular weight is 215 g/mol. The monoisotopic (exact) mass is 215 g/mol. The third-order valence-corrected chi connectivity index (χ3v) is 2.02. The van der Waals surface area contributed by atoms with Crippen LogP contribution in [0.3, 0.4) is 0 Å². The second kappa shape index (κ2) is 5.85. The van der Waals surface area contributed by atoms with Crippen molar-refractivity contribution < 1.29 is 0 Å². The van der Waals surface area contributed by atoms with E-state index in [2.05, 4.69) is 29.0 Å². The standard InChI is InChI=1S/C11H11N3.C2H6/c1-8-3-2-4-9(5-8)10-6-13-11(12)14-7-10;1-2/h2-7H,1H3,(H2,12,13,14);1-2H3. The molecule has 0 saturated carbocycles. The maximum absolute atomic E-state index is 5.41. The largest absolute Gasteiger partial charge is 0.368 e. The molecule has 0 saturated heterocycles. The summed E-state index contributed by atoms with van der Waals surface area (Å²) in [6.07, 6.45) is 3.47. The van der Waals surface area contributed by atoms with E-state index in [1.807, 2.05) is 26.0 Å². The zero-order chi connectivity index (χ0) is 12.0. The summed E-state index contributed by atoms with van der Waals surface area (Å²) in [7, 11) is 0. The van der Waals surface area contributed by atoms with Crippen LogP contribution in [0.4, 0.5) is 5.95 Å². The summed E-state index contributed by atoms with van der Waals surface area (Å²) in [5, 5.41) is 0. The van der Waals surface area contributed by atoms with E-state index in [1.165, 1.54) is 5.56 Å². The van der Waals surface area contributed by atoms with Gasteiger partial charge in [0.05, 0.1) is 0 Å². The van der Waals surface area contributed by atoms with Gasteiger partial charge in [-0.2, -0.15) is 0 Å². The highest BCUT2D eigenvalue weighted by atomic mass is 15.0. The maximum Gasteiger partial charge on any atom is 0.219 e. The van der Waals surface area contributed by atoms with Crippen molar-refractivity contribution in [2.75, 3.05) is 5.73 Å². The van der Waals surface area contributed by atoms with Crippen LogP contribution >= 0.6 is 0 Å². The molecule has 0 bridgehead atoms. The highest BCUT2D eigenvalue weighted by Gasteiger charge is 1.98. The van der Waals surface area contributed by atoms with Gasteiger partial charge in [-0.1, -0.05) is 43.7 Å². The quantitative estimate of drug-likeness (QED) is 0.795. The number of nitrogen functional groups attached to an aromatic ring is 1. The number of anilines is 1. The number of hydrogen-bond donors (Lipinski definition) is 1. The first kappa shape index (κ1) is 12.2. The summed E-state index contributed by atoms with van der Waals surface area (Å²) in [5.74, 6) is 0.307. The number of aromatic nitrogens is 2. The minimum Gasteiger partial charge on any atom is -0.368 e. The van der Waals surface area contributed by atoms with Crippen LogP contribution in [0.5, 0.6) is 0 Å². The number of aryl methyl sites for hydroxylation is 1. The number of hydrogen-bond acceptors (Lipinski definition) is 3. The Bertz CT molecular complexity index is 435. The Morgan fingerprint density at radius 3 is 2.19 bits per heavy atom. The van der Waals surface area contributed by atoms with Crippen LogP contribution in [-0.2, 0) is 0 Å². The minimum atomic E-state index is 0.307. The lowest BCUT2D eigenvalue weighted by Crippen LogP contribution is -1.93. The molecule has 1 aromatic heterocycles. The maximum atomic E-state index is 5.41. The van der Waals surface area contributed by atoms with E-state index in [-0.39, 0.29) is 0 Å². The molecule has 0 fully saturated rings. The van der Waals surface area contributed by atoms with Gasteiger partial charge in [-0.15, -0.1) is 0 Å². The van der Waals surface area contributed by atoms with E-state index in [9.17, 15) is 0 Å². The average Bonchev–Trinajstić information content (AvgIpc) is 2.32. The van der Waals surface area contributed by atoms with Crippen molar-refractivity contribution >= 4 is 5.95 Å². The molecule has 3 nitrogen and oxygen atoms in total. The molecule has 0 amide bonds. The Balaban J connectivity index is 0.000000606. The molecule has 1 aromatic carbocycles. The molecular weight excluding hydrogens is 198 g/mol. The Morgan fingerprint density at radius 1 is 1.00 bits per heavy atom. The fourth-order valence-corrected chi connectivity index (χ4v) is 1.31. The molecule has 3 heteroatoms. The zero-order valence-corrected chi connectivity index (χ0v) is 9.94.